The molecule has 0 radical (unpaired) electrons. The molecule has 2 N–H and O–H groups in total. The summed E-state index contributed by atoms with van der Waals surface area (Å²) in [5.74, 6) is 0. The fraction of sp³-hybridized carbons (Fsp3) is 0.0526. The van der Waals surface area contributed by atoms with Gasteiger partial charge in [0.1, 0.15) is 0 Å². The van der Waals surface area contributed by atoms with Crippen LogP contribution in [0.1, 0.15) is 5.56 Å². The number of para-hydroxylation sites is 1. The number of fused-ring (bicyclic) bond motifs is 3. The molecule has 4 nitrogen and oxygen atoms in total. The lowest BCUT2D eigenvalue weighted by Crippen LogP contribution is -2.04. The Morgan fingerprint density at radius 2 is 1.50 bits per heavy atom. The van der Waals surface area contributed by atoms with Gasteiger partial charge >= 0.3 is 7.60 Å². The van der Waals surface area contributed by atoms with Crippen molar-refractivity contribution in [2.75, 3.05) is 0 Å². The first-order valence-corrected chi connectivity index (χ1v) is 9.23. The Morgan fingerprint density at radius 1 is 0.833 bits per heavy atom. The molecule has 120 valence electrons. The predicted molar refractivity (Wildman–Crippen MR) is 97.2 cm³/mol. The minimum atomic E-state index is -4.23. The fourth-order valence-electron chi connectivity index (χ4n) is 3.16. The van der Waals surface area contributed by atoms with E-state index in [4.69, 9.17) is 0 Å². The second kappa shape index (κ2) is 5.32. The summed E-state index contributed by atoms with van der Waals surface area (Å²) in [4.78, 5) is 18.6. The minimum Gasteiger partial charge on any atom is -0.321 e. The highest BCUT2D eigenvalue weighted by Gasteiger charge is 2.17. The molecule has 0 unspecified atom stereocenters. The van der Waals surface area contributed by atoms with Gasteiger partial charge in [-0.2, -0.15) is 0 Å². The SMILES string of the molecule is Cc1ccc2c(c1)c1ccccc1n2-c1ccc(P(=O)(O)O)cc1. The van der Waals surface area contributed by atoms with Crippen molar-refractivity contribution in [2.24, 2.45) is 0 Å². The second-order valence-corrected chi connectivity index (χ2v) is 7.54. The summed E-state index contributed by atoms with van der Waals surface area (Å²) < 4.78 is 13.5. The molecular weight excluding hydrogens is 321 g/mol. The molecular formula is C19H16NO3P. The number of rotatable bonds is 2. The maximum Gasteiger partial charge on any atom is 0.356 e. The molecule has 0 fully saturated rings. The average molecular weight is 337 g/mol. The van der Waals surface area contributed by atoms with E-state index in [1.807, 2.05) is 12.1 Å². The lowest BCUT2D eigenvalue weighted by Gasteiger charge is -2.09. The van der Waals surface area contributed by atoms with Gasteiger partial charge in [0.25, 0.3) is 0 Å². The van der Waals surface area contributed by atoms with Crippen LogP contribution < -0.4 is 5.30 Å². The monoisotopic (exact) mass is 337 g/mol. The minimum absolute atomic E-state index is 0.0304. The van der Waals surface area contributed by atoms with Crippen LogP contribution in [0, 0.1) is 6.92 Å². The van der Waals surface area contributed by atoms with E-state index in [0.29, 0.717) is 0 Å². The normalized spacial score (nSPS) is 12.1. The van der Waals surface area contributed by atoms with Crippen LogP contribution in [-0.2, 0) is 4.57 Å². The Morgan fingerprint density at radius 3 is 2.21 bits per heavy atom. The summed E-state index contributed by atoms with van der Waals surface area (Å²) in [7, 11) is -4.23. The van der Waals surface area contributed by atoms with E-state index in [1.54, 1.807) is 12.1 Å². The number of aromatic nitrogens is 1. The molecule has 24 heavy (non-hydrogen) atoms. The second-order valence-electron chi connectivity index (χ2n) is 5.93. The van der Waals surface area contributed by atoms with Crippen LogP contribution >= 0.6 is 7.60 Å². The lowest BCUT2D eigenvalue weighted by atomic mass is 10.1. The molecule has 0 atom stereocenters. The molecule has 4 rings (SSSR count). The van der Waals surface area contributed by atoms with Crippen molar-refractivity contribution in [3.05, 3.63) is 72.3 Å². The Balaban J connectivity index is 2.03. The van der Waals surface area contributed by atoms with Crippen molar-refractivity contribution >= 4 is 34.7 Å². The van der Waals surface area contributed by atoms with Crippen LogP contribution in [0.3, 0.4) is 0 Å². The van der Waals surface area contributed by atoms with Crippen molar-refractivity contribution in [2.45, 2.75) is 6.92 Å². The quantitative estimate of drug-likeness (QED) is 0.546. The van der Waals surface area contributed by atoms with E-state index in [1.165, 1.54) is 23.1 Å². The molecule has 0 spiro atoms. The maximum absolute atomic E-state index is 11.4. The smallest absolute Gasteiger partial charge is 0.321 e. The van der Waals surface area contributed by atoms with Gasteiger partial charge < -0.3 is 14.4 Å². The van der Waals surface area contributed by atoms with Gasteiger partial charge in [0.15, 0.2) is 0 Å². The van der Waals surface area contributed by atoms with Crippen molar-refractivity contribution in [1.82, 2.24) is 4.57 Å². The third kappa shape index (κ3) is 2.36. The van der Waals surface area contributed by atoms with Gasteiger partial charge in [-0.1, -0.05) is 29.8 Å². The summed E-state index contributed by atoms with van der Waals surface area (Å²) in [6.45, 7) is 2.07. The highest BCUT2D eigenvalue weighted by Crippen LogP contribution is 2.35. The van der Waals surface area contributed by atoms with Gasteiger partial charge in [0, 0.05) is 16.5 Å². The van der Waals surface area contributed by atoms with Gasteiger partial charge in [0.05, 0.1) is 16.3 Å². The standard InChI is InChI=1S/C19H16NO3P/c1-13-6-11-19-17(12-13)16-4-2-3-5-18(16)20(19)14-7-9-15(10-8-14)24(21,22)23/h2-12H,1H3,(H2,21,22,23). The van der Waals surface area contributed by atoms with E-state index >= 15 is 0 Å². The summed E-state index contributed by atoms with van der Waals surface area (Å²) in [5.41, 5.74) is 4.22. The summed E-state index contributed by atoms with van der Waals surface area (Å²) >= 11 is 0. The highest BCUT2D eigenvalue weighted by atomic mass is 31.2. The summed E-state index contributed by atoms with van der Waals surface area (Å²) in [6.07, 6.45) is 0. The Bertz CT molecular complexity index is 1110. The van der Waals surface area contributed by atoms with Crippen LogP contribution in [0.5, 0.6) is 0 Å². The van der Waals surface area contributed by atoms with E-state index in [9.17, 15) is 14.4 Å². The zero-order valence-electron chi connectivity index (χ0n) is 13.0. The molecule has 1 heterocycles. The van der Waals surface area contributed by atoms with Crippen molar-refractivity contribution in [3.63, 3.8) is 0 Å². The van der Waals surface area contributed by atoms with Crippen LogP contribution in [0.4, 0.5) is 0 Å². The number of nitrogens with zero attached hydrogens (tertiary/aromatic N) is 1. The van der Waals surface area contributed by atoms with Crippen LogP contribution in [0.25, 0.3) is 27.5 Å². The average Bonchev–Trinajstić information content (AvgIpc) is 2.88. The lowest BCUT2D eigenvalue weighted by molar-refractivity contribution is 0.387. The first-order chi connectivity index (χ1) is 11.4. The molecule has 0 saturated carbocycles. The highest BCUT2D eigenvalue weighted by molar-refractivity contribution is 7.60. The van der Waals surface area contributed by atoms with E-state index in [0.717, 1.165) is 22.1 Å². The van der Waals surface area contributed by atoms with Crippen molar-refractivity contribution in [3.8, 4) is 5.69 Å². The van der Waals surface area contributed by atoms with Gasteiger partial charge in [0.2, 0.25) is 0 Å². The van der Waals surface area contributed by atoms with Crippen LogP contribution in [-0.4, -0.2) is 14.4 Å². The van der Waals surface area contributed by atoms with Crippen LogP contribution in [0.15, 0.2) is 66.7 Å². The molecule has 4 aromatic rings. The third-order valence-electron chi connectivity index (χ3n) is 4.27. The molecule has 0 aliphatic rings. The van der Waals surface area contributed by atoms with Gasteiger partial charge in [-0.25, -0.2) is 0 Å². The van der Waals surface area contributed by atoms with E-state index in [-0.39, 0.29) is 5.30 Å². The number of benzene rings is 3. The number of aryl methyl sites for hydroxylation is 1. The number of hydrogen-bond donors (Lipinski definition) is 2. The zero-order chi connectivity index (χ0) is 16.9. The first kappa shape index (κ1) is 15.2. The summed E-state index contributed by atoms with van der Waals surface area (Å²) in [6, 6.07) is 21.0. The summed E-state index contributed by atoms with van der Waals surface area (Å²) in [5, 5.41) is 2.36. The van der Waals surface area contributed by atoms with Gasteiger partial charge in [-0.15, -0.1) is 0 Å². The largest absolute Gasteiger partial charge is 0.356 e. The zero-order valence-corrected chi connectivity index (χ0v) is 13.9. The van der Waals surface area contributed by atoms with Crippen molar-refractivity contribution in [1.29, 1.82) is 0 Å². The van der Waals surface area contributed by atoms with Crippen molar-refractivity contribution < 1.29 is 14.4 Å². The van der Waals surface area contributed by atoms with Gasteiger partial charge in [-0.05, 0) is 49.4 Å². The molecule has 0 amide bonds. The maximum atomic E-state index is 11.4. The number of hydrogen-bond acceptors (Lipinski definition) is 1. The van der Waals surface area contributed by atoms with Gasteiger partial charge in [-0.3, -0.25) is 4.57 Å². The molecule has 5 heteroatoms. The molecule has 0 saturated heterocycles. The predicted octanol–water partition coefficient (Wildman–Crippen LogP) is 3.90. The third-order valence-corrected chi connectivity index (χ3v) is 5.24. The molecule has 0 aliphatic heterocycles. The molecule has 3 aromatic carbocycles. The molecule has 0 bridgehead atoms. The first-order valence-electron chi connectivity index (χ1n) is 7.61. The topological polar surface area (TPSA) is 62.5 Å². The van der Waals surface area contributed by atoms with E-state index in [2.05, 4.69) is 41.8 Å². The van der Waals surface area contributed by atoms with E-state index < -0.39 is 7.60 Å². The Labute approximate surface area is 139 Å². The van der Waals surface area contributed by atoms with Crippen LogP contribution in [0.2, 0.25) is 0 Å². The molecule has 1 aromatic heterocycles. The fourth-order valence-corrected chi connectivity index (χ4v) is 3.70. The molecule has 0 aliphatic carbocycles. The Kier molecular flexibility index (Phi) is 3.36. The Hall–Kier alpha value is -2.39.